The van der Waals surface area contributed by atoms with Gasteiger partial charge in [-0.2, -0.15) is 0 Å². The second-order valence-corrected chi connectivity index (χ2v) is 2.45. The summed E-state index contributed by atoms with van der Waals surface area (Å²) in [4.78, 5) is 10.7. The summed E-state index contributed by atoms with van der Waals surface area (Å²) in [6.07, 6.45) is 4.31. The van der Waals surface area contributed by atoms with Gasteiger partial charge in [0, 0.05) is 0 Å². The fourth-order valence-corrected chi connectivity index (χ4v) is 0.739. The van der Waals surface area contributed by atoms with Crippen molar-refractivity contribution in [2.24, 2.45) is 0 Å². The zero-order valence-electron chi connectivity index (χ0n) is 7.46. The van der Waals surface area contributed by atoms with Crippen molar-refractivity contribution in [3.63, 3.8) is 0 Å². The first kappa shape index (κ1) is 9.32. The van der Waals surface area contributed by atoms with E-state index < -0.39 is 0 Å². The van der Waals surface area contributed by atoms with Gasteiger partial charge in [-0.25, -0.2) is 15.0 Å². The summed E-state index contributed by atoms with van der Waals surface area (Å²) in [6.45, 7) is 2.08. The lowest BCUT2D eigenvalue weighted by Gasteiger charge is -1.82. The number of benzene rings is 1. The number of hydrogen-bond donors (Lipinski definition) is 0. The highest BCUT2D eigenvalue weighted by Gasteiger charge is 1.72. The molecule has 0 N–H and O–H groups in total. The molecule has 1 heterocycles. The average molecular weight is 173 g/mol. The number of hydrogen-bond acceptors (Lipinski definition) is 3. The molecule has 13 heavy (non-hydrogen) atoms. The molecule has 0 aliphatic rings. The van der Waals surface area contributed by atoms with Gasteiger partial charge in [-0.3, -0.25) is 0 Å². The Hall–Kier alpha value is -1.77. The Morgan fingerprint density at radius 3 is 1.46 bits per heavy atom. The maximum Gasteiger partial charge on any atom is 0.119 e. The van der Waals surface area contributed by atoms with Gasteiger partial charge in [0.1, 0.15) is 19.0 Å². The Balaban J connectivity index is 0.000000132. The lowest BCUT2D eigenvalue weighted by Crippen LogP contribution is -1.73. The third-order valence-electron chi connectivity index (χ3n) is 1.34. The molecule has 1 aromatic carbocycles. The van der Waals surface area contributed by atoms with Gasteiger partial charge < -0.3 is 0 Å². The molecule has 0 spiro atoms. The molecule has 66 valence electrons. The summed E-state index contributed by atoms with van der Waals surface area (Å²) >= 11 is 0. The third-order valence-corrected chi connectivity index (χ3v) is 1.34. The van der Waals surface area contributed by atoms with E-state index in [9.17, 15) is 0 Å². The van der Waals surface area contributed by atoms with Gasteiger partial charge in [-0.15, -0.1) is 0 Å². The summed E-state index contributed by atoms with van der Waals surface area (Å²) < 4.78 is 0. The molecule has 0 amide bonds. The Kier molecular flexibility index (Phi) is 4.18. The Bertz CT molecular complexity index is 281. The molecule has 2 aromatic rings. The van der Waals surface area contributed by atoms with E-state index in [2.05, 4.69) is 34.0 Å². The topological polar surface area (TPSA) is 38.7 Å². The van der Waals surface area contributed by atoms with Gasteiger partial charge in [0.25, 0.3) is 0 Å². The molecule has 0 unspecified atom stereocenters. The van der Waals surface area contributed by atoms with E-state index in [4.69, 9.17) is 0 Å². The zero-order chi connectivity index (χ0) is 9.36. The van der Waals surface area contributed by atoms with Gasteiger partial charge in [0.05, 0.1) is 0 Å². The molecule has 0 radical (unpaired) electrons. The van der Waals surface area contributed by atoms with E-state index in [-0.39, 0.29) is 0 Å². The highest BCUT2D eigenvalue weighted by Crippen LogP contribution is 1.92. The summed E-state index contributed by atoms with van der Waals surface area (Å²) in [6, 6.07) is 10.3. The van der Waals surface area contributed by atoms with E-state index in [0.29, 0.717) is 0 Å². The van der Waals surface area contributed by atoms with E-state index in [1.165, 1.54) is 24.5 Å². The van der Waals surface area contributed by atoms with Crippen LogP contribution in [0.3, 0.4) is 0 Å². The fourth-order valence-electron chi connectivity index (χ4n) is 0.739. The summed E-state index contributed by atoms with van der Waals surface area (Å²) in [7, 11) is 0. The molecule has 2 rings (SSSR count). The van der Waals surface area contributed by atoms with Crippen LogP contribution in [0, 0.1) is 6.92 Å². The Morgan fingerprint density at radius 1 is 0.769 bits per heavy atom. The van der Waals surface area contributed by atoms with Crippen molar-refractivity contribution in [3.8, 4) is 0 Å². The van der Waals surface area contributed by atoms with Crippen LogP contribution >= 0.6 is 0 Å². The molecule has 0 saturated carbocycles. The molecule has 0 aliphatic heterocycles. The smallest absolute Gasteiger partial charge is 0.119 e. The predicted octanol–water partition coefficient (Wildman–Crippen LogP) is 1.87. The molecule has 3 nitrogen and oxygen atoms in total. The lowest BCUT2D eigenvalue weighted by molar-refractivity contribution is 1.05. The van der Waals surface area contributed by atoms with Crippen LogP contribution in [0.5, 0.6) is 0 Å². The first-order valence-corrected chi connectivity index (χ1v) is 3.96. The van der Waals surface area contributed by atoms with Crippen LogP contribution < -0.4 is 0 Å². The van der Waals surface area contributed by atoms with E-state index in [1.807, 2.05) is 18.2 Å². The van der Waals surface area contributed by atoms with E-state index in [0.717, 1.165) is 0 Å². The van der Waals surface area contributed by atoms with E-state index >= 15 is 0 Å². The second-order valence-electron chi connectivity index (χ2n) is 2.45. The maximum absolute atomic E-state index is 3.56. The first-order chi connectivity index (χ1) is 6.39. The minimum atomic E-state index is 1.32. The van der Waals surface area contributed by atoms with Gasteiger partial charge in [-0.1, -0.05) is 35.9 Å². The van der Waals surface area contributed by atoms with Crippen molar-refractivity contribution >= 4 is 0 Å². The molecule has 0 saturated heterocycles. The molecule has 0 atom stereocenters. The predicted molar refractivity (Wildman–Crippen MR) is 51.0 cm³/mol. The second kappa shape index (κ2) is 5.83. The van der Waals surface area contributed by atoms with Crippen LogP contribution in [-0.4, -0.2) is 15.0 Å². The number of aryl methyl sites for hydroxylation is 1. The first-order valence-electron chi connectivity index (χ1n) is 3.96. The van der Waals surface area contributed by atoms with Crippen LogP contribution in [0.4, 0.5) is 0 Å². The van der Waals surface area contributed by atoms with Crippen LogP contribution in [0.1, 0.15) is 5.56 Å². The minimum absolute atomic E-state index is 1.32. The standard InChI is InChI=1S/C7H8.C3H3N3/c1-7-5-3-2-4-6-7;1-4-2-6-3-5-1/h2-6H,1H3;1-3H. The van der Waals surface area contributed by atoms with Crippen LogP contribution in [-0.2, 0) is 0 Å². The highest BCUT2D eigenvalue weighted by molar-refractivity contribution is 5.11. The van der Waals surface area contributed by atoms with Crippen LogP contribution in [0.25, 0.3) is 0 Å². The van der Waals surface area contributed by atoms with Crippen LogP contribution in [0.2, 0.25) is 0 Å². The van der Waals surface area contributed by atoms with Crippen molar-refractivity contribution < 1.29 is 0 Å². The van der Waals surface area contributed by atoms with Crippen molar-refractivity contribution in [1.82, 2.24) is 15.0 Å². The molecule has 0 fully saturated rings. The van der Waals surface area contributed by atoms with Gasteiger partial charge in [0.2, 0.25) is 0 Å². The van der Waals surface area contributed by atoms with Gasteiger partial charge in [-0.05, 0) is 6.92 Å². The highest BCUT2D eigenvalue weighted by atomic mass is 14.9. The third kappa shape index (κ3) is 4.63. The quantitative estimate of drug-likeness (QED) is 0.610. The largest absolute Gasteiger partial charge is 0.225 e. The average Bonchev–Trinajstić information content (AvgIpc) is 2.22. The minimum Gasteiger partial charge on any atom is -0.225 e. The summed E-state index contributed by atoms with van der Waals surface area (Å²) in [5.41, 5.74) is 1.32. The van der Waals surface area contributed by atoms with E-state index in [1.54, 1.807) is 0 Å². The summed E-state index contributed by atoms with van der Waals surface area (Å²) in [5.74, 6) is 0. The fraction of sp³-hybridized carbons (Fsp3) is 0.100. The number of aromatic nitrogens is 3. The van der Waals surface area contributed by atoms with Crippen molar-refractivity contribution in [2.45, 2.75) is 6.92 Å². The van der Waals surface area contributed by atoms with Gasteiger partial charge in [0.15, 0.2) is 0 Å². The number of rotatable bonds is 0. The van der Waals surface area contributed by atoms with Crippen molar-refractivity contribution in [1.29, 1.82) is 0 Å². The molecule has 3 heteroatoms. The monoisotopic (exact) mass is 173 g/mol. The molecule has 0 aliphatic carbocycles. The van der Waals surface area contributed by atoms with Crippen molar-refractivity contribution in [2.75, 3.05) is 0 Å². The SMILES string of the molecule is Cc1ccccc1.c1ncncn1. The normalized spacial score (nSPS) is 8.38. The lowest BCUT2D eigenvalue weighted by atomic mass is 10.2. The number of nitrogens with zero attached hydrogens (tertiary/aromatic N) is 3. The zero-order valence-corrected chi connectivity index (χ0v) is 7.46. The molecular formula is C10H11N3. The Morgan fingerprint density at radius 2 is 1.23 bits per heavy atom. The van der Waals surface area contributed by atoms with Crippen LogP contribution in [0.15, 0.2) is 49.3 Å². The van der Waals surface area contributed by atoms with Gasteiger partial charge >= 0.3 is 0 Å². The maximum atomic E-state index is 3.56. The molecule has 0 bridgehead atoms. The molecular weight excluding hydrogens is 162 g/mol. The van der Waals surface area contributed by atoms with Crippen molar-refractivity contribution in [3.05, 3.63) is 54.9 Å². The Labute approximate surface area is 77.5 Å². The summed E-state index contributed by atoms with van der Waals surface area (Å²) in [5, 5.41) is 0. The molecule has 1 aromatic heterocycles.